The van der Waals surface area contributed by atoms with E-state index in [1.54, 1.807) is 22.7 Å². The van der Waals surface area contributed by atoms with Gasteiger partial charge in [-0.3, -0.25) is 4.79 Å². The lowest BCUT2D eigenvalue weighted by Gasteiger charge is -2.37. The maximum atomic E-state index is 14.4. The van der Waals surface area contributed by atoms with Crippen molar-refractivity contribution >= 4 is 17.4 Å². The van der Waals surface area contributed by atoms with Crippen LogP contribution in [0.5, 0.6) is 0 Å². The fraction of sp³-hybridized carbons (Fsp3) is 0.379. The molecule has 2 fully saturated rings. The third-order valence-corrected chi connectivity index (χ3v) is 7.83. The Labute approximate surface area is 215 Å². The van der Waals surface area contributed by atoms with Crippen LogP contribution in [0, 0.1) is 17.7 Å². The molecule has 2 aromatic carbocycles. The minimum Gasteiger partial charge on any atom is -0.355 e. The van der Waals surface area contributed by atoms with Crippen molar-refractivity contribution in [3.8, 4) is 11.4 Å². The molecule has 0 saturated carbocycles. The number of nitrogens with zero attached hydrogens (tertiary/aromatic N) is 6. The predicted octanol–water partition coefficient (Wildman–Crippen LogP) is 4.63. The molecule has 8 heteroatoms. The van der Waals surface area contributed by atoms with Crippen LogP contribution in [0.15, 0.2) is 66.7 Å². The average molecular weight is 499 g/mol. The second-order valence-corrected chi connectivity index (χ2v) is 10.2. The molecule has 190 valence electrons. The lowest BCUT2D eigenvalue weighted by Crippen LogP contribution is -2.45. The van der Waals surface area contributed by atoms with Crippen LogP contribution in [0.1, 0.15) is 31.2 Å². The largest absolute Gasteiger partial charge is 0.355 e. The summed E-state index contributed by atoms with van der Waals surface area (Å²) in [6, 6.07) is 21.0. The molecule has 2 aromatic heterocycles. The summed E-state index contributed by atoms with van der Waals surface area (Å²) < 4.78 is 16.0. The molecule has 0 atom stereocenters. The number of carbonyl (C=O) groups is 1. The van der Waals surface area contributed by atoms with E-state index < -0.39 is 0 Å². The summed E-state index contributed by atoms with van der Waals surface area (Å²) in [7, 11) is 0. The summed E-state index contributed by atoms with van der Waals surface area (Å²) >= 11 is 0. The highest BCUT2D eigenvalue weighted by Crippen LogP contribution is 2.28. The van der Waals surface area contributed by atoms with E-state index in [1.165, 1.54) is 11.6 Å². The molecule has 2 saturated heterocycles. The van der Waals surface area contributed by atoms with Gasteiger partial charge in [0.25, 0.3) is 0 Å². The van der Waals surface area contributed by atoms with Crippen molar-refractivity contribution in [3.63, 3.8) is 0 Å². The monoisotopic (exact) mass is 498 g/mol. The zero-order chi connectivity index (χ0) is 25.2. The van der Waals surface area contributed by atoms with Gasteiger partial charge in [-0.1, -0.05) is 42.5 Å². The minimum absolute atomic E-state index is 0.0644. The molecule has 0 spiro atoms. The number of hydrogen-bond donors (Lipinski definition) is 0. The quantitative estimate of drug-likeness (QED) is 0.402. The molecule has 7 nitrogen and oxygen atoms in total. The first kappa shape index (κ1) is 23.6. The summed E-state index contributed by atoms with van der Waals surface area (Å²) in [6.07, 6.45) is 4.87. The maximum Gasteiger partial charge on any atom is 0.225 e. The number of amides is 1. The van der Waals surface area contributed by atoms with Crippen LogP contribution < -0.4 is 4.90 Å². The number of carbonyl (C=O) groups excluding carboxylic acids is 1. The van der Waals surface area contributed by atoms with Crippen molar-refractivity contribution in [1.29, 1.82) is 0 Å². The lowest BCUT2D eigenvalue weighted by molar-refractivity contribution is -0.137. The van der Waals surface area contributed by atoms with Crippen LogP contribution in [0.2, 0.25) is 0 Å². The number of rotatable bonds is 5. The third kappa shape index (κ3) is 4.92. The number of hydrogen-bond acceptors (Lipinski definition) is 5. The van der Waals surface area contributed by atoms with Crippen molar-refractivity contribution in [3.05, 3.63) is 78.1 Å². The van der Waals surface area contributed by atoms with Crippen molar-refractivity contribution < 1.29 is 9.18 Å². The maximum absolute atomic E-state index is 14.4. The Balaban J connectivity index is 1.06. The van der Waals surface area contributed by atoms with Gasteiger partial charge in [-0.2, -0.15) is 4.52 Å². The Morgan fingerprint density at radius 2 is 1.57 bits per heavy atom. The molecule has 0 radical (unpaired) electrons. The van der Waals surface area contributed by atoms with Gasteiger partial charge < -0.3 is 9.80 Å². The molecule has 0 unspecified atom stereocenters. The summed E-state index contributed by atoms with van der Waals surface area (Å²) in [5.74, 6) is 1.85. The van der Waals surface area contributed by atoms with Gasteiger partial charge in [0.05, 0.1) is 5.56 Å². The van der Waals surface area contributed by atoms with E-state index in [1.807, 2.05) is 12.1 Å². The number of likely N-dealkylation sites (tertiary alicyclic amines) is 1. The second-order valence-electron chi connectivity index (χ2n) is 10.2. The highest BCUT2D eigenvalue weighted by molar-refractivity contribution is 5.79. The van der Waals surface area contributed by atoms with Gasteiger partial charge >= 0.3 is 0 Å². The fourth-order valence-electron chi connectivity index (χ4n) is 5.68. The van der Waals surface area contributed by atoms with Gasteiger partial charge in [-0.25, -0.2) is 4.39 Å². The van der Waals surface area contributed by atoms with E-state index >= 15 is 0 Å². The molecule has 2 aliphatic rings. The number of fused-ring (bicyclic) bond motifs is 1. The summed E-state index contributed by atoms with van der Waals surface area (Å²) in [5, 5.41) is 13.1. The zero-order valence-corrected chi connectivity index (χ0v) is 20.8. The predicted molar refractivity (Wildman–Crippen MR) is 141 cm³/mol. The van der Waals surface area contributed by atoms with Crippen LogP contribution >= 0.6 is 0 Å². The Bertz CT molecular complexity index is 1370. The van der Waals surface area contributed by atoms with Crippen molar-refractivity contribution in [2.75, 3.05) is 31.1 Å². The molecule has 0 N–H and O–H groups in total. The SMILES string of the molecule is O=C(C1CCN(c2ccc3nnc(-c4ccccc4F)n3n2)CC1)N1CCC(Cc2ccccc2)CC1. The Morgan fingerprint density at radius 1 is 0.838 bits per heavy atom. The molecule has 2 aliphatic heterocycles. The summed E-state index contributed by atoms with van der Waals surface area (Å²) in [6.45, 7) is 3.25. The first-order valence-electron chi connectivity index (χ1n) is 13.2. The topological polar surface area (TPSA) is 66.6 Å². The van der Waals surface area contributed by atoms with Crippen LogP contribution in [-0.2, 0) is 11.2 Å². The van der Waals surface area contributed by atoms with Crippen molar-refractivity contribution in [1.82, 2.24) is 24.7 Å². The van der Waals surface area contributed by atoms with Crippen LogP contribution in [0.4, 0.5) is 10.2 Å². The number of piperidine rings is 2. The van der Waals surface area contributed by atoms with E-state index in [0.29, 0.717) is 28.9 Å². The summed E-state index contributed by atoms with van der Waals surface area (Å²) in [5.41, 5.74) is 2.33. The van der Waals surface area contributed by atoms with Crippen molar-refractivity contribution in [2.24, 2.45) is 11.8 Å². The smallest absolute Gasteiger partial charge is 0.225 e. The van der Waals surface area contributed by atoms with Gasteiger partial charge in [0.2, 0.25) is 5.91 Å². The Hall–Kier alpha value is -3.81. The highest BCUT2D eigenvalue weighted by atomic mass is 19.1. The number of benzene rings is 2. The third-order valence-electron chi connectivity index (χ3n) is 7.83. The van der Waals surface area contributed by atoms with Gasteiger partial charge in [-0.15, -0.1) is 15.3 Å². The zero-order valence-electron chi connectivity index (χ0n) is 20.8. The van der Waals surface area contributed by atoms with Crippen molar-refractivity contribution in [2.45, 2.75) is 32.1 Å². The number of halogens is 1. The van der Waals surface area contributed by atoms with E-state index in [0.717, 1.165) is 64.1 Å². The van der Waals surface area contributed by atoms with E-state index in [4.69, 9.17) is 5.10 Å². The molecular weight excluding hydrogens is 467 g/mol. The van der Waals surface area contributed by atoms with Crippen LogP contribution in [0.3, 0.4) is 0 Å². The fourth-order valence-corrected chi connectivity index (χ4v) is 5.68. The molecular formula is C29H31FN6O. The van der Waals surface area contributed by atoms with Crippen LogP contribution in [-0.4, -0.2) is 56.8 Å². The van der Waals surface area contributed by atoms with Gasteiger partial charge in [0.15, 0.2) is 11.5 Å². The molecule has 4 aromatic rings. The number of aromatic nitrogens is 4. The molecule has 1 amide bonds. The lowest BCUT2D eigenvalue weighted by atomic mass is 9.88. The number of anilines is 1. The van der Waals surface area contributed by atoms with E-state index in [2.05, 4.69) is 50.3 Å². The summed E-state index contributed by atoms with van der Waals surface area (Å²) in [4.78, 5) is 17.6. The van der Waals surface area contributed by atoms with Crippen LogP contribution in [0.25, 0.3) is 17.0 Å². The average Bonchev–Trinajstić information content (AvgIpc) is 3.37. The van der Waals surface area contributed by atoms with E-state index in [-0.39, 0.29) is 11.7 Å². The second kappa shape index (κ2) is 10.3. The Kier molecular flexibility index (Phi) is 6.55. The molecule has 0 bridgehead atoms. The normalized spacial score (nSPS) is 17.4. The van der Waals surface area contributed by atoms with Gasteiger partial charge in [0, 0.05) is 32.1 Å². The van der Waals surface area contributed by atoms with Gasteiger partial charge in [0.1, 0.15) is 11.6 Å². The first-order valence-corrected chi connectivity index (χ1v) is 13.2. The molecule has 0 aliphatic carbocycles. The Morgan fingerprint density at radius 3 is 2.32 bits per heavy atom. The van der Waals surface area contributed by atoms with Gasteiger partial charge in [-0.05, 0) is 67.9 Å². The molecule has 37 heavy (non-hydrogen) atoms. The standard InChI is InChI=1S/C29H31FN6O/c30-25-9-5-4-8-24(25)28-32-31-26-10-11-27(33-36(26)28)34-18-14-23(15-19-34)29(37)35-16-12-22(13-17-35)20-21-6-2-1-3-7-21/h1-11,22-23H,12-20H2. The van der Waals surface area contributed by atoms with E-state index in [9.17, 15) is 9.18 Å². The highest BCUT2D eigenvalue weighted by Gasteiger charge is 2.31. The molecule has 4 heterocycles. The minimum atomic E-state index is -0.354. The first-order chi connectivity index (χ1) is 18.2. The molecule has 6 rings (SSSR count).